The van der Waals surface area contributed by atoms with E-state index in [0.29, 0.717) is 35.0 Å². The number of benzene rings is 1. The molecule has 0 saturated heterocycles. The van der Waals surface area contributed by atoms with Gasteiger partial charge in [-0.25, -0.2) is 9.97 Å². The molecule has 0 spiro atoms. The number of halogens is 2. The Balaban J connectivity index is 2.23. The van der Waals surface area contributed by atoms with Crippen LogP contribution in [0.5, 0.6) is 0 Å². The maximum atomic E-state index is 6.00. The van der Waals surface area contributed by atoms with Gasteiger partial charge in [0.05, 0.1) is 6.61 Å². The van der Waals surface area contributed by atoms with Crippen LogP contribution >= 0.6 is 23.2 Å². The summed E-state index contributed by atoms with van der Waals surface area (Å²) in [6.45, 7) is 1.25. The fourth-order valence-corrected chi connectivity index (χ4v) is 1.83. The van der Waals surface area contributed by atoms with Crippen LogP contribution < -0.4 is 5.32 Å². The van der Waals surface area contributed by atoms with E-state index in [1.807, 2.05) is 12.1 Å². The van der Waals surface area contributed by atoms with Crippen LogP contribution in [0.4, 0.5) is 5.82 Å². The molecular weight excluding hydrogens is 285 g/mol. The summed E-state index contributed by atoms with van der Waals surface area (Å²) in [5.74, 6) is 1.23. The van der Waals surface area contributed by atoms with Crippen molar-refractivity contribution in [2.75, 3.05) is 25.6 Å². The van der Waals surface area contributed by atoms with E-state index in [-0.39, 0.29) is 0 Å². The number of nitrogens with zero attached hydrogens (tertiary/aromatic N) is 2. The Morgan fingerprint density at radius 1 is 1.16 bits per heavy atom. The van der Waals surface area contributed by atoms with Gasteiger partial charge in [0.2, 0.25) is 0 Å². The van der Waals surface area contributed by atoms with Gasteiger partial charge in [-0.1, -0.05) is 23.2 Å². The van der Waals surface area contributed by atoms with Gasteiger partial charge in [-0.3, -0.25) is 0 Å². The Morgan fingerprint density at radius 3 is 2.58 bits per heavy atom. The maximum Gasteiger partial charge on any atom is 0.163 e. The molecule has 0 unspecified atom stereocenters. The van der Waals surface area contributed by atoms with E-state index in [2.05, 4.69) is 15.3 Å². The van der Waals surface area contributed by atoms with Gasteiger partial charge in [0.25, 0.3) is 0 Å². The molecule has 2 rings (SSSR count). The molecule has 19 heavy (non-hydrogen) atoms. The molecule has 2 aromatic rings. The molecule has 0 saturated carbocycles. The number of anilines is 1. The topological polar surface area (TPSA) is 47.0 Å². The molecule has 6 heteroatoms. The lowest BCUT2D eigenvalue weighted by atomic mass is 10.2. The predicted octanol–water partition coefficient (Wildman–Crippen LogP) is 3.51. The molecule has 100 valence electrons. The molecule has 0 aliphatic heterocycles. The Morgan fingerprint density at radius 2 is 1.89 bits per heavy atom. The van der Waals surface area contributed by atoms with Crippen LogP contribution in [0.25, 0.3) is 11.4 Å². The maximum absolute atomic E-state index is 6.00. The summed E-state index contributed by atoms with van der Waals surface area (Å²) < 4.78 is 4.97. The molecule has 0 aliphatic carbocycles. The van der Waals surface area contributed by atoms with E-state index in [4.69, 9.17) is 27.9 Å². The van der Waals surface area contributed by atoms with Crippen LogP contribution in [0.2, 0.25) is 10.2 Å². The average molecular weight is 298 g/mol. The Kier molecular flexibility index (Phi) is 4.96. The van der Waals surface area contributed by atoms with Gasteiger partial charge in [0.1, 0.15) is 11.0 Å². The van der Waals surface area contributed by atoms with Crippen molar-refractivity contribution in [3.63, 3.8) is 0 Å². The van der Waals surface area contributed by atoms with E-state index >= 15 is 0 Å². The number of rotatable bonds is 5. The molecule has 0 atom stereocenters. The molecule has 0 bridgehead atoms. The largest absolute Gasteiger partial charge is 0.383 e. The lowest BCUT2D eigenvalue weighted by Gasteiger charge is -2.07. The number of ether oxygens (including phenoxy) is 1. The van der Waals surface area contributed by atoms with Gasteiger partial charge in [0, 0.05) is 30.3 Å². The van der Waals surface area contributed by atoms with Crippen molar-refractivity contribution in [3.05, 3.63) is 40.5 Å². The Bertz CT molecular complexity index is 546. The van der Waals surface area contributed by atoms with E-state index in [1.54, 1.807) is 25.3 Å². The van der Waals surface area contributed by atoms with Crippen LogP contribution in [0, 0.1) is 0 Å². The second kappa shape index (κ2) is 6.70. The minimum Gasteiger partial charge on any atom is -0.383 e. The molecule has 0 fully saturated rings. The van der Waals surface area contributed by atoms with Crippen molar-refractivity contribution >= 4 is 29.0 Å². The van der Waals surface area contributed by atoms with Gasteiger partial charge in [-0.05, 0) is 24.3 Å². The van der Waals surface area contributed by atoms with Crippen molar-refractivity contribution in [1.29, 1.82) is 0 Å². The number of methoxy groups -OCH3 is 1. The van der Waals surface area contributed by atoms with Crippen molar-refractivity contribution in [3.8, 4) is 11.4 Å². The molecular formula is C13H13Cl2N3O. The molecule has 0 radical (unpaired) electrons. The minimum atomic E-state index is 0.389. The second-order valence-corrected chi connectivity index (χ2v) is 4.65. The van der Waals surface area contributed by atoms with Gasteiger partial charge < -0.3 is 10.1 Å². The quantitative estimate of drug-likeness (QED) is 0.678. The summed E-state index contributed by atoms with van der Waals surface area (Å²) in [4.78, 5) is 8.60. The molecule has 1 aromatic carbocycles. The van der Waals surface area contributed by atoms with E-state index in [9.17, 15) is 0 Å². The summed E-state index contributed by atoms with van der Waals surface area (Å²) in [5, 5.41) is 4.18. The third-order valence-corrected chi connectivity index (χ3v) is 2.86. The van der Waals surface area contributed by atoms with Crippen LogP contribution in [-0.2, 0) is 4.74 Å². The summed E-state index contributed by atoms with van der Waals surface area (Å²) >= 11 is 11.8. The Labute approximate surface area is 121 Å². The average Bonchev–Trinajstić information content (AvgIpc) is 2.39. The molecule has 1 N–H and O–H groups in total. The SMILES string of the molecule is COCCNc1cc(Cl)nc(-c2ccc(Cl)cc2)n1. The van der Waals surface area contributed by atoms with Crippen LogP contribution in [0.1, 0.15) is 0 Å². The summed E-state index contributed by atoms with van der Waals surface area (Å²) in [6.07, 6.45) is 0. The van der Waals surface area contributed by atoms with Crippen molar-refractivity contribution in [1.82, 2.24) is 9.97 Å². The smallest absolute Gasteiger partial charge is 0.163 e. The zero-order valence-corrected chi connectivity index (χ0v) is 11.9. The van der Waals surface area contributed by atoms with E-state index in [1.165, 1.54) is 0 Å². The van der Waals surface area contributed by atoms with E-state index < -0.39 is 0 Å². The fourth-order valence-electron chi connectivity index (χ4n) is 1.52. The van der Waals surface area contributed by atoms with Gasteiger partial charge in [-0.2, -0.15) is 0 Å². The third kappa shape index (κ3) is 4.06. The fraction of sp³-hybridized carbons (Fsp3) is 0.231. The van der Waals surface area contributed by atoms with Gasteiger partial charge >= 0.3 is 0 Å². The van der Waals surface area contributed by atoms with Gasteiger partial charge in [-0.15, -0.1) is 0 Å². The highest BCUT2D eigenvalue weighted by molar-refractivity contribution is 6.30. The molecule has 1 heterocycles. The standard InChI is InChI=1S/C13H13Cl2N3O/c1-19-7-6-16-12-8-11(15)17-13(18-12)9-2-4-10(14)5-3-9/h2-5,8H,6-7H2,1H3,(H,16,17,18). The summed E-state index contributed by atoms with van der Waals surface area (Å²) in [5.41, 5.74) is 0.863. The number of hydrogen-bond donors (Lipinski definition) is 1. The highest BCUT2D eigenvalue weighted by Crippen LogP contribution is 2.21. The first-order valence-electron chi connectivity index (χ1n) is 5.72. The third-order valence-electron chi connectivity index (χ3n) is 2.41. The Hall–Kier alpha value is -1.36. The second-order valence-electron chi connectivity index (χ2n) is 3.83. The monoisotopic (exact) mass is 297 g/mol. The number of aromatic nitrogens is 2. The minimum absolute atomic E-state index is 0.389. The van der Waals surface area contributed by atoms with Gasteiger partial charge in [0.15, 0.2) is 5.82 Å². The van der Waals surface area contributed by atoms with Crippen molar-refractivity contribution in [2.24, 2.45) is 0 Å². The first kappa shape index (κ1) is 14.1. The first-order chi connectivity index (χ1) is 9.19. The van der Waals surface area contributed by atoms with Crippen LogP contribution in [-0.4, -0.2) is 30.2 Å². The van der Waals surface area contributed by atoms with E-state index in [0.717, 1.165) is 5.56 Å². The van der Waals surface area contributed by atoms with Crippen LogP contribution in [0.15, 0.2) is 30.3 Å². The molecule has 0 amide bonds. The summed E-state index contributed by atoms with van der Waals surface area (Å²) in [7, 11) is 1.65. The predicted molar refractivity (Wildman–Crippen MR) is 77.9 cm³/mol. The van der Waals surface area contributed by atoms with Crippen LogP contribution in [0.3, 0.4) is 0 Å². The lowest BCUT2D eigenvalue weighted by Crippen LogP contribution is -2.09. The highest BCUT2D eigenvalue weighted by atomic mass is 35.5. The number of nitrogens with one attached hydrogen (secondary N) is 1. The molecule has 0 aliphatic rings. The van der Waals surface area contributed by atoms with Crippen molar-refractivity contribution < 1.29 is 4.74 Å². The highest BCUT2D eigenvalue weighted by Gasteiger charge is 2.05. The normalized spacial score (nSPS) is 10.5. The number of hydrogen-bond acceptors (Lipinski definition) is 4. The zero-order chi connectivity index (χ0) is 13.7. The zero-order valence-electron chi connectivity index (χ0n) is 10.4. The molecule has 4 nitrogen and oxygen atoms in total. The molecule has 1 aromatic heterocycles. The van der Waals surface area contributed by atoms with Crippen molar-refractivity contribution in [2.45, 2.75) is 0 Å². The first-order valence-corrected chi connectivity index (χ1v) is 6.48. The summed E-state index contributed by atoms with van der Waals surface area (Å²) in [6, 6.07) is 8.97. The lowest BCUT2D eigenvalue weighted by molar-refractivity contribution is 0.210.